The topological polar surface area (TPSA) is 27.1 Å². The van der Waals surface area contributed by atoms with E-state index in [1.165, 1.54) is 6.20 Å². The number of rotatable bonds is 4. The van der Waals surface area contributed by atoms with Gasteiger partial charge in [-0.3, -0.25) is 4.68 Å². The van der Waals surface area contributed by atoms with Crippen molar-refractivity contribution in [1.82, 2.24) is 9.78 Å². The van der Waals surface area contributed by atoms with E-state index in [1.807, 2.05) is 13.8 Å². The Balaban J connectivity index is 2.49. The maximum Gasteiger partial charge on any atom is 0.272 e. The predicted molar refractivity (Wildman–Crippen MR) is 44.1 cm³/mol. The molecule has 0 aliphatic rings. The van der Waals surface area contributed by atoms with Crippen molar-refractivity contribution in [2.24, 2.45) is 0 Å². The third-order valence-electron chi connectivity index (χ3n) is 1.48. The highest BCUT2D eigenvalue weighted by Crippen LogP contribution is 2.12. The average Bonchev–Trinajstić information content (AvgIpc) is 2.48. The molecule has 0 aliphatic heterocycles. The van der Waals surface area contributed by atoms with E-state index in [9.17, 15) is 8.78 Å². The van der Waals surface area contributed by atoms with E-state index in [1.54, 1.807) is 10.9 Å². The van der Waals surface area contributed by atoms with Gasteiger partial charge in [-0.15, -0.1) is 0 Å². The number of hydrogen-bond acceptors (Lipinski definition) is 2. The van der Waals surface area contributed by atoms with E-state index >= 15 is 0 Å². The highest BCUT2D eigenvalue weighted by molar-refractivity contribution is 5.11. The molecule has 0 N–H and O–H groups in total. The van der Waals surface area contributed by atoms with E-state index in [2.05, 4.69) is 5.10 Å². The van der Waals surface area contributed by atoms with Gasteiger partial charge >= 0.3 is 0 Å². The van der Waals surface area contributed by atoms with Gasteiger partial charge in [0.05, 0.1) is 12.4 Å². The summed E-state index contributed by atoms with van der Waals surface area (Å²) in [7, 11) is 0. The SMILES string of the molecule is CC(C)n1cc(OCC(F)F)cn1. The van der Waals surface area contributed by atoms with E-state index in [4.69, 9.17) is 4.74 Å². The molecule has 0 unspecified atom stereocenters. The summed E-state index contributed by atoms with van der Waals surface area (Å²) in [6.45, 7) is 3.32. The Kier molecular flexibility index (Phi) is 3.22. The van der Waals surface area contributed by atoms with Crippen LogP contribution in [0.15, 0.2) is 12.4 Å². The van der Waals surface area contributed by atoms with Gasteiger partial charge in [0.15, 0.2) is 5.75 Å². The van der Waals surface area contributed by atoms with Crippen LogP contribution in [0.5, 0.6) is 5.75 Å². The maximum absolute atomic E-state index is 11.7. The van der Waals surface area contributed by atoms with Crippen molar-refractivity contribution in [3.63, 3.8) is 0 Å². The Bertz CT molecular complexity index is 260. The fraction of sp³-hybridized carbons (Fsp3) is 0.625. The van der Waals surface area contributed by atoms with Gasteiger partial charge in [-0.1, -0.05) is 0 Å². The zero-order chi connectivity index (χ0) is 9.84. The van der Waals surface area contributed by atoms with Crippen molar-refractivity contribution >= 4 is 0 Å². The Morgan fingerprint density at radius 2 is 2.23 bits per heavy atom. The first-order valence-corrected chi connectivity index (χ1v) is 4.04. The number of alkyl halides is 2. The lowest BCUT2D eigenvalue weighted by molar-refractivity contribution is 0.0818. The Morgan fingerprint density at radius 1 is 1.54 bits per heavy atom. The molecule has 1 aromatic heterocycles. The molecule has 74 valence electrons. The Morgan fingerprint density at radius 3 is 2.69 bits per heavy atom. The minimum Gasteiger partial charge on any atom is -0.484 e. The standard InChI is InChI=1S/C8H12F2N2O/c1-6(2)12-4-7(3-11-12)13-5-8(9)10/h3-4,6,8H,5H2,1-2H3. The summed E-state index contributed by atoms with van der Waals surface area (Å²) in [5, 5.41) is 3.94. The first kappa shape index (κ1) is 9.95. The molecule has 0 fully saturated rings. The summed E-state index contributed by atoms with van der Waals surface area (Å²) in [4.78, 5) is 0. The predicted octanol–water partition coefficient (Wildman–Crippen LogP) is 2.11. The molecule has 0 spiro atoms. The molecule has 0 amide bonds. The van der Waals surface area contributed by atoms with Gasteiger partial charge in [0.25, 0.3) is 6.43 Å². The molecule has 0 radical (unpaired) electrons. The van der Waals surface area contributed by atoms with Gasteiger partial charge in [-0.05, 0) is 13.8 Å². The largest absolute Gasteiger partial charge is 0.484 e. The normalized spacial score (nSPS) is 11.2. The molecule has 5 heteroatoms. The van der Waals surface area contributed by atoms with Crippen LogP contribution in [0.25, 0.3) is 0 Å². The highest BCUT2D eigenvalue weighted by Gasteiger charge is 2.06. The van der Waals surface area contributed by atoms with Crippen molar-refractivity contribution in [3.8, 4) is 5.75 Å². The van der Waals surface area contributed by atoms with Crippen LogP contribution in [0.3, 0.4) is 0 Å². The van der Waals surface area contributed by atoms with Gasteiger partial charge in [0, 0.05) is 6.04 Å². The molecular formula is C8H12F2N2O. The van der Waals surface area contributed by atoms with Gasteiger partial charge in [0.1, 0.15) is 6.61 Å². The average molecular weight is 190 g/mol. The van der Waals surface area contributed by atoms with Crippen molar-refractivity contribution in [2.75, 3.05) is 6.61 Å². The van der Waals surface area contributed by atoms with Crippen molar-refractivity contribution in [2.45, 2.75) is 26.3 Å². The van der Waals surface area contributed by atoms with Gasteiger partial charge < -0.3 is 4.74 Å². The molecule has 0 atom stereocenters. The van der Waals surface area contributed by atoms with Crippen LogP contribution in [-0.2, 0) is 0 Å². The Hall–Kier alpha value is -1.13. The van der Waals surface area contributed by atoms with E-state index in [0.717, 1.165) is 0 Å². The fourth-order valence-corrected chi connectivity index (χ4v) is 0.837. The van der Waals surface area contributed by atoms with Crippen LogP contribution in [0.1, 0.15) is 19.9 Å². The number of ether oxygens (including phenoxy) is 1. The zero-order valence-corrected chi connectivity index (χ0v) is 7.58. The van der Waals surface area contributed by atoms with Crippen LogP contribution in [-0.4, -0.2) is 22.8 Å². The molecule has 0 saturated heterocycles. The molecule has 13 heavy (non-hydrogen) atoms. The van der Waals surface area contributed by atoms with Gasteiger partial charge in [0.2, 0.25) is 0 Å². The van der Waals surface area contributed by atoms with Crippen molar-refractivity contribution < 1.29 is 13.5 Å². The summed E-state index contributed by atoms with van der Waals surface area (Å²) in [6, 6.07) is 0.212. The number of halogens is 2. The lowest BCUT2D eigenvalue weighted by atomic mass is 10.4. The first-order chi connectivity index (χ1) is 6.09. The lowest BCUT2D eigenvalue weighted by Crippen LogP contribution is -2.06. The highest BCUT2D eigenvalue weighted by atomic mass is 19.3. The molecule has 3 nitrogen and oxygen atoms in total. The van der Waals surface area contributed by atoms with Crippen molar-refractivity contribution in [3.05, 3.63) is 12.4 Å². The Labute approximate surface area is 75.3 Å². The molecule has 0 saturated carbocycles. The lowest BCUT2D eigenvalue weighted by Gasteiger charge is -2.03. The smallest absolute Gasteiger partial charge is 0.272 e. The molecule has 0 aromatic carbocycles. The fourth-order valence-electron chi connectivity index (χ4n) is 0.837. The van der Waals surface area contributed by atoms with Crippen molar-refractivity contribution in [1.29, 1.82) is 0 Å². The van der Waals surface area contributed by atoms with Gasteiger partial charge in [-0.25, -0.2) is 8.78 Å². The second-order valence-electron chi connectivity index (χ2n) is 2.95. The molecule has 0 aliphatic carbocycles. The first-order valence-electron chi connectivity index (χ1n) is 4.04. The van der Waals surface area contributed by atoms with Crippen LogP contribution < -0.4 is 4.74 Å². The minimum atomic E-state index is -2.44. The number of aromatic nitrogens is 2. The molecule has 1 heterocycles. The third-order valence-corrected chi connectivity index (χ3v) is 1.48. The molecule has 1 aromatic rings. The second kappa shape index (κ2) is 4.20. The number of nitrogens with zero attached hydrogens (tertiary/aromatic N) is 2. The number of hydrogen-bond donors (Lipinski definition) is 0. The third kappa shape index (κ3) is 3.01. The summed E-state index contributed by atoms with van der Waals surface area (Å²) in [6.07, 6.45) is 0.595. The monoisotopic (exact) mass is 190 g/mol. The second-order valence-corrected chi connectivity index (χ2v) is 2.95. The van der Waals surface area contributed by atoms with Crippen LogP contribution in [0, 0.1) is 0 Å². The maximum atomic E-state index is 11.7. The molecular weight excluding hydrogens is 178 g/mol. The summed E-state index contributed by atoms with van der Waals surface area (Å²) in [5.41, 5.74) is 0. The minimum absolute atomic E-state index is 0.212. The van der Waals surface area contributed by atoms with Crippen LogP contribution >= 0.6 is 0 Å². The summed E-state index contributed by atoms with van der Waals surface area (Å²) in [5.74, 6) is 0.383. The molecule has 1 rings (SSSR count). The van der Waals surface area contributed by atoms with E-state index in [0.29, 0.717) is 5.75 Å². The van der Waals surface area contributed by atoms with E-state index < -0.39 is 13.0 Å². The quantitative estimate of drug-likeness (QED) is 0.727. The zero-order valence-electron chi connectivity index (χ0n) is 7.58. The summed E-state index contributed by atoms with van der Waals surface area (Å²) < 4.78 is 29.9. The van der Waals surface area contributed by atoms with Gasteiger partial charge in [-0.2, -0.15) is 5.10 Å². The molecule has 0 bridgehead atoms. The van der Waals surface area contributed by atoms with E-state index in [-0.39, 0.29) is 6.04 Å². The summed E-state index contributed by atoms with van der Waals surface area (Å²) >= 11 is 0. The van der Waals surface area contributed by atoms with Crippen LogP contribution in [0.2, 0.25) is 0 Å². The van der Waals surface area contributed by atoms with Crippen LogP contribution in [0.4, 0.5) is 8.78 Å².